The Labute approximate surface area is 121 Å². The monoisotopic (exact) mass is 289 g/mol. The fourth-order valence-corrected chi connectivity index (χ4v) is 1.11. The highest BCUT2D eigenvalue weighted by Crippen LogP contribution is 1.97. The lowest BCUT2D eigenvalue weighted by Gasteiger charge is -2.09. The summed E-state index contributed by atoms with van der Waals surface area (Å²) in [6.45, 7) is 8.76. The van der Waals surface area contributed by atoms with Crippen LogP contribution < -0.4 is 5.32 Å². The zero-order valence-electron chi connectivity index (χ0n) is 12.9. The third-order valence-electron chi connectivity index (χ3n) is 2.12. The summed E-state index contributed by atoms with van der Waals surface area (Å²) < 4.78 is 10.2. The molecule has 1 atom stereocenters. The van der Waals surface area contributed by atoms with Crippen LogP contribution in [0, 0.1) is 5.92 Å². The molecule has 1 unspecified atom stereocenters. The van der Waals surface area contributed by atoms with Gasteiger partial charge in [0.15, 0.2) is 5.78 Å². The average molecular weight is 289 g/mol. The lowest BCUT2D eigenvalue weighted by atomic mass is 10.1. The Morgan fingerprint density at radius 3 is 2.30 bits per heavy atom. The van der Waals surface area contributed by atoms with E-state index in [1.165, 1.54) is 6.92 Å². The molecular weight excluding hydrogens is 262 g/mol. The van der Waals surface area contributed by atoms with Gasteiger partial charge in [-0.1, -0.05) is 20.8 Å². The molecule has 0 radical (unpaired) electrons. The fourth-order valence-electron chi connectivity index (χ4n) is 1.11. The SMILES string of the molecule is CC.CC(=O)COCCOCCNC(=O)C(C)CC=O. The van der Waals surface area contributed by atoms with Crippen LogP contribution in [0.25, 0.3) is 0 Å². The largest absolute Gasteiger partial charge is 0.377 e. The third kappa shape index (κ3) is 14.8. The number of Topliss-reactive ketones (excluding diaryl/α,β-unsaturated/α-hetero) is 1. The van der Waals surface area contributed by atoms with Crippen molar-refractivity contribution in [1.29, 1.82) is 0 Å². The van der Waals surface area contributed by atoms with Crippen LogP contribution in [0.5, 0.6) is 0 Å². The standard InChI is InChI=1S/C12H21NO5.C2H6/c1-10(3-5-14)12(16)13-4-6-17-7-8-18-9-11(2)15;1-2/h5,10H,3-4,6-9H2,1-2H3,(H,13,16);1-2H3. The molecule has 20 heavy (non-hydrogen) atoms. The summed E-state index contributed by atoms with van der Waals surface area (Å²) in [5.41, 5.74) is 0. The van der Waals surface area contributed by atoms with Gasteiger partial charge >= 0.3 is 0 Å². The molecule has 1 N–H and O–H groups in total. The molecule has 0 bridgehead atoms. The maximum atomic E-state index is 11.4. The van der Waals surface area contributed by atoms with Crippen LogP contribution in [-0.4, -0.2) is 50.9 Å². The Balaban J connectivity index is 0. The molecule has 0 aromatic carbocycles. The topological polar surface area (TPSA) is 81.7 Å². The minimum Gasteiger partial charge on any atom is -0.377 e. The number of ether oxygens (including phenoxy) is 2. The summed E-state index contributed by atoms with van der Waals surface area (Å²) in [6, 6.07) is 0. The Morgan fingerprint density at radius 2 is 1.75 bits per heavy atom. The highest BCUT2D eigenvalue weighted by Gasteiger charge is 2.10. The van der Waals surface area contributed by atoms with Crippen molar-refractivity contribution in [1.82, 2.24) is 5.32 Å². The molecule has 0 saturated heterocycles. The molecule has 0 heterocycles. The molecule has 1 amide bonds. The van der Waals surface area contributed by atoms with E-state index < -0.39 is 0 Å². The number of nitrogens with one attached hydrogen (secondary N) is 1. The van der Waals surface area contributed by atoms with Crippen molar-refractivity contribution in [3.05, 3.63) is 0 Å². The van der Waals surface area contributed by atoms with Gasteiger partial charge in [-0.25, -0.2) is 0 Å². The molecule has 0 rings (SSSR count). The summed E-state index contributed by atoms with van der Waals surface area (Å²) in [4.78, 5) is 32.1. The first-order chi connectivity index (χ1) is 9.57. The number of ketones is 1. The minimum absolute atomic E-state index is 0.0218. The van der Waals surface area contributed by atoms with Crippen molar-refractivity contribution in [3.63, 3.8) is 0 Å². The first-order valence-electron chi connectivity index (χ1n) is 6.94. The van der Waals surface area contributed by atoms with Crippen LogP contribution in [0.1, 0.15) is 34.1 Å². The van der Waals surface area contributed by atoms with E-state index in [2.05, 4.69) is 5.32 Å². The third-order valence-corrected chi connectivity index (χ3v) is 2.12. The van der Waals surface area contributed by atoms with Crippen LogP contribution >= 0.6 is 0 Å². The van der Waals surface area contributed by atoms with E-state index in [0.717, 1.165) is 6.29 Å². The van der Waals surface area contributed by atoms with Crippen molar-refractivity contribution in [2.45, 2.75) is 34.1 Å². The molecule has 0 spiro atoms. The molecule has 0 saturated carbocycles. The van der Waals surface area contributed by atoms with Gasteiger partial charge in [0.05, 0.1) is 19.8 Å². The molecule has 0 aromatic heterocycles. The zero-order chi connectivity index (χ0) is 15.8. The van der Waals surface area contributed by atoms with Gasteiger partial charge in [0.1, 0.15) is 12.9 Å². The second-order valence-corrected chi connectivity index (χ2v) is 3.96. The zero-order valence-corrected chi connectivity index (χ0v) is 12.9. The first kappa shape index (κ1) is 21.0. The average Bonchev–Trinajstić information content (AvgIpc) is 2.43. The molecule has 0 aromatic rings. The Kier molecular flexibility index (Phi) is 16.6. The molecular formula is C14H27NO5. The van der Waals surface area contributed by atoms with E-state index in [9.17, 15) is 14.4 Å². The van der Waals surface area contributed by atoms with Crippen LogP contribution in [0.3, 0.4) is 0 Å². The van der Waals surface area contributed by atoms with Gasteiger partial charge in [-0.05, 0) is 6.92 Å². The highest BCUT2D eigenvalue weighted by molar-refractivity contribution is 5.80. The molecule has 0 aliphatic rings. The minimum atomic E-state index is -0.304. The summed E-state index contributed by atoms with van der Waals surface area (Å²) in [5, 5.41) is 2.66. The lowest BCUT2D eigenvalue weighted by molar-refractivity contribution is -0.126. The predicted molar refractivity (Wildman–Crippen MR) is 76.5 cm³/mol. The number of amides is 1. The Bertz CT molecular complexity index is 268. The number of hydrogen-bond donors (Lipinski definition) is 1. The Morgan fingerprint density at radius 1 is 1.15 bits per heavy atom. The lowest BCUT2D eigenvalue weighted by Crippen LogP contribution is -2.32. The summed E-state index contributed by atoms with van der Waals surface area (Å²) >= 11 is 0. The van der Waals surface area contributed by atoms with E-state index in [4.69, 9.17) is 9.47 Å². The molecule has 0 aliphatic heterocycles. The van der Waals surface area contributed by atoms with E-state index in [-0.39, 0.29) is 30.6 Å². The van der Waals surface area contributed by atoms with Crippen LogP contribution in [0.4, 0.5) is 0 Å². The van der Waals surface area contributed by atoms with E-state index in [1.807, 2.05) is 13.8 Å². The molecule has 6 nitrogen and oxygen atoms in total. The smallest absolute Gasteiger partial charge is 0.223 e. The quantitative estimate of drug-likeness (QED) is 0.453. The number of rotatable bonds is 11. The van der Waals surface area contributed by atoms with Gasteiger partial charge in [0, 0.05) is 18.9 Å². The van der Waals surface area contributed by atoms with Crippen molar-refractivity contribution >= 4 is 18.0 Å². The van der Waals surface area contributed by atoms with Crippen molar-refractivity contribution in [2.75, 3.05) is 33.0 Å². The van der Waals surface area contributed by atoms with Crippen LogP contribution in [0.2, 0.25) is 0 Å². The summed E-state index contributed by atoms with van der Waals surface area (Å²) in [5.74, 6) is -0.480. The maximum Gasteiger partial charge on any atom is 0.223 e. The van der Waals surface area contributed by atoms with Crippen LogP contribution in [0.15, 0.2) is 0 Å². The maximum absolute atomic E-state index is 11.4. The second kappa shape index (κ2) is 15.8. The van der Waals surface area contributed by atoms with E-state index >= 15 is 0 Å². The van der Waals surface area contributed by atoms with Crippen LogP contribution in [-0.2, 0) is 23.9 Å². The first-order valence-corrected chi connectivity index (χ1v) is 6.94. The molecule has 6 heteroatoms. The number of hydrogen-bond acceptors (Lipinski definition) is 5. The van der Waals surface area contributed by atoms with E-state index in [0.29, 0.717) is 26.4 Å². The van der Waals surface area contributed by atoms with Gasteiger partial charge in [-0.2, -0.15) is 0 Å². The summed E-state index contributed by atoms with van der Waals surface area (Å²) in [6.07, 6.45) is 0.957. The van der Waals surface area contributed by atoms with Crippen molar-refractivity contribution < 1.29 is 23.9 Å². The molecule has 0 fully saturated rings. The normalized spacial score (nSPS) is 11.0. The number of carbonyl (C=O) groups excluding carboxylic acids is 3. The summed E-state index contributed by atoms with van der Waals surface area (Å²) in [7, 11) is 0. The van der Waals surface area contributed by atoms with Gasteiger partial charge in [-0.15, -0.1) is 0 Å². The predicted octanol–water partition coefficient (Wildman–Crippen LogP) is 0.976. The van der Waals surface area contributed by atoms with Gasteiger partial charge in [0.2, 0.25) is 5.91 Å². The van der Waals surface area contributed by atoms with Crippen molar-refractivity contribution in [2.24, 2.45) is 5.92 Å². The van der Waals surface area contributed by atoms with Crippen molar-refractivity contribution in [3.8, 4) is 0 Å². The molecule has 118 valence electrons. The number of carbonyl (C=O) groups is 3. The van der Waals surface area contributed by atoms with Gasteiger partial charge < -0.3 is 19.6 Å². The van der Waals surface area contributed by atoms with E-state index in [1.54, 1.807) is 6.92 Å². The number of aldehydes is 1. The van der Waals surface area contributed by atoms with Gasteiger partial charge in [0.25, 0.3) is 0 Å². The Hall–Kier alpha value is -1.27. The fraction of sp³-hybridized carbons (Fsp3) is 0.786. The second-order valence-electron chi connectivity index (χ2n) is 3.96. The van der Waals surface area contributed by atoms with Gasteiger partial charge in [-0.3, -0.25) is 9.59 Å². The molecule has 0 aliphatic carbocycles. The highest BCUT2D eigenvalue weighted by atomic mass is 16.5.